The average Bonchev–Trinajstić information content (AvgIpc) is 2.36. The maximum Gasteiger partial charge on any atom is 0.250 e. The van der Waals surface area contributed by atoms with Crippen LogP contribution in [0.25, 0.3) is 0 Å². The molecule has 0 bridgehead atoms. The quantitative estimate of drug-likeness (QED) is 0.724. The Morgan fingerprint density at radius 2 is 2.17 bits per heavy atom. The van der Waals surface area contributed by atoms with Crippen molar-refractivity contribution in [1.82, 2.24) is 0 Å². The molecule has 5 nitrogen and oxygen atoms in total. The molecular formula is C13H20N2O3. The van der Waals surface area contributed by atoms with Crippen molar-refractivity contribution in [3.8, 4) is 0 Å². The third-order valence-electron chi connectivity index (χ3n) is 2.29. The number of nitrogens with one attached hydrogen (secondary N) is 1. The molecule has 0 aromatic heterocycles. The van der Waals surface area contributed by atoms with Crippen LogP contribution in [0, 0.1) is 0 Å². The molecule has 1 aromatic carbocycles. The van der Waals surface area contributed by atoms with Gasteiger partial charge in [-0.2, -0.15) is 0 Å². The van der Waals surface area contributed by atoms with Gasteiger partial charge in [-0.3, -0.25) is 4.79 Å². The van der Waals surface area contributed by atoms with E-state index in [1.165, 1.54) is 0 Å². The monoisotopic (exact) mass is 252 g/mol. The lowest BCUT2D eigenvalue weighted by Crippen LogP contribution is -2.24. The zero-order valence-corrected chi connectivity index (χ0v) is 10.8. The lowest BCUT2D eigenvalue weighted by atomic mass is 10.3. The molecule has 3 N–H and O–H groups in total. The first-order chi connectivity index (χ1) is 8.63. The highest BCUT2D eigenvalue weighted by Crippen LogP contribution is 2.16. The number of rotatable bonds is 7. The van der Waals surface area contributed by atoms with E-state index in [1.807, 2.05) is 26.0 Å². The Labute approximate surface area is 107 Å². The van der Waals surface area contributed by atoms with Crippen LogP contribution >= 0.6 is 0 Å². The predicted molar refractivity (Wildman–Crippen MR) is 71.4 cm³/mol. The number of hydrogen-bond donors (Lipinski definition) is 2. The van der Waals surface area contributed by atoms with E-state index in [0.29, 0.717) is 24.6 Å². The smallest absolute Gasteiger partial charge is 0.250 e. The molecule has 1 rings (SSSR count). The minimum absolute atomic E-state index is 0.0113. The number of para-hydroxylation sites is 2. The molecule has 1 aromatic rings. The van der Waals surface area contributed by atoms with Crippen LogP contribution in [0.3, 0.4) is 0 Å². The van der Waals surface area contributed by atoms with Crippen LogP contribution in [0.1, 0.15) is 13.8 Å². The normalized spacial score (nSPS) is 12.1. The maximum absolute atomic E-state index is 11.6. The number of anilines is 2. The third kappa shape index (κ3) is 5.16. The van der Waals surface area contributed by atoms with Crippen LogP contribution in [0.4, 0.5) is 11.4 Å². The first kappa shape index (κ1) is 14.5. The van der Waals surface area contributed by atoms with Crippen molar-refractivity contribution in [2.24, 2.45) is 0 Å². The van der Waals surface area contributed by atoms with Crippen molar-refractivity contribution in [1.29, 1.82) is 0 Å². The SMILES string of the molecule is CCOCC(C)OCC(=O)Nc1ccccc1N. The van der Waals surface area contributed by atoms with E-state index in [-0.39, 0.29) is 18.6 Å². The summed E-state index contributed by atoms with van der Waals surface area (Å²) in [7, 11) is 0. The Bertz CT molecular complexity index is 382. The number of nitrogen functional groups attached to an aromatic ring is 1. The first-order valence-electron chi connectivity index (χ1n) is 5.97. The van der Waals surface area contributed by atoms with Crippen LogP contribution < -0.4 is 11.1 Å². The fraction of sp³-hybridized carbons (Fsp3) is 0.462. The van der Waals surface area contributed by atoms with Gasteiger partial charge in [0.2, 0.25) is 5.91 Å². The van der Waals surface area contributed by atoms with Gasteiger partial charge in [0.05, 0.1) is 24.1 Å². The molecule has 5 heteroatoms. The second-order valence-electron chi connectivity index (χ2n) is 3.92. The Morgan fingerprint density at radius 3 is 2.83 bits per heavy atom. The van der Waals surface area contributed by atoms with Crippen LogP contribution in [-0.2, 0) is 14.3 Å². The molecule has 0 heterocycles. The van der Waals surface area contributed by atoms with Gasteiger partial charge in [0, 0.05) is 6.61 Å². The second kappa shape index (κ2) is 7.68. The Kier molecular flexibility index (Phi) is 6.18. The Hall–Kier alpha value is -1.59. The highest BCUT2D eigenvalue weighted by Gasteiger charge is 2.08. The van der Waals surface area contributed by atoms with Gasteiger partial charge >= 0.3 is 0 Å². The van der Waals surface area contributed by atoms with Gasteiger partial charge < -0.3 is 20.5 Å². The molecule has 1 unspecified atom stereocenters. The molecule has 1 atom stereocenters. The number of nitrogens with two attached hydrogens (primary N) is 1. The first-order valence-corrected chi connectivity index (χ1v) is 5.97. The number of amides is 1. The zero-order valence-electron chi connectivity index (χ0n) is 10.8. The molecule has 0 spiro atoms. The van der Waals surface area contributed by atoms with Crippen LogP contribution in [0.2, 0.25) is 0 Å². The zero-order chi connectivity index (χ0) is 13.4. The lowest BCUT2D eigenvalue weighted by molar-refractivity contribution is -0.123. The van der Waals surface area contributed by atoms with Crippen LogP contribution in [0.5, 0.6) is 0 Å². The average molecular weight is 252 g/mol. The van der Waals surface area contributed by atoms with E-state index < -0.39 is 0 Å². The number of carbonyl (C=O) groups excluding carboxylic acids is 1. The van der Waals surface area contributed by atoms with E-state index in [2.05, 4.69) is 5.32 Å². The van der Waals surface area contributed by atoms with E-state index >= 15 is 0 Å². The van der Waals surface area contributed by atoms with Crippen molar-refractivity contribution in [3.05, 3.63) is 24.3 Å². The predicted octanol–water partition coefficient (Wildman–Crippen LogP) is 1.65. The number of benzene rings is 1. The van der Waals surface area contributed by atoms with Crippen molar-refractivity contribution in [2.45, 2.75) is 20.0 Å². The molecule has 0 fully saturated rings. The summed E-state index contributed by atoms with van der Waals surface area (Å²) in [4.78, 5) is 11.6. The Balaban J connectivity index is 2.32. The molecule has 0 radical (unpaired) electrons. The lowest BCUT2D eigenvalue weighted by Gasteiger charge is -2.13. The number of carbonyl (C=O) groups is 1. The maximum atomic E-state index is 11.6. The third-order valence-corrected chi connectivity index (χ3v) is 2.29. The van der Waals surface area contributed by atoms with E-state index in [9.17, 15) is 4.79 Å². The molecular weight excluding hydrogens is 232 g/mol. The van der Waals surface area contributed by atoms with Gasteiger partial charge in [0.15, 0.2) is 0 Å². The van der Waals surface area contributed by atoms with E-state index in [0.717, 1.165) is 0 Å². The molecule has 0 saturated carbocycles. The molecule has 100 valence electrons. The molecule has 0 aliphatic heterocycles. The summed E-state index contributed by atoms with van der Waals surface area (Å²) >= 11 is 0. The van der Waals surface area contributed by atoms with Crippen molar-refractivity contribution in [3.63, 3.8) is 0 Å². The van der Waals surface area contributed by atoms with E-state index in [4.69, 9.17) is 15.2 Å². The van der Waals surface area contributed by atoms with Gasteiger partial charge in [0.1, 0.15) is 6.61 Å². The fourth-order valence-corrected chi connectivity index (χ4v) is 1.35. The second-order valence-corrected chi connectivity index (χ2v) is 3.92. The highest BCUT2D eigenvalue weighted by molar-refractivity contribution is 5.94. The molecule has 0 aliphatic rings. The molecule has 18 heavy (non-hydrogen) atoms. The van der Waals surface area contributed by atoms with Gasteiger partial charge in [-0.1, -0.05) is 12.1 Å². The summed E-state index contributed by atoms with van der Waals surface area (Å²) in [6.07, 6.45) is -0.108. The largest absolute Gasteiger partial charge is 0.397 e. The summed E-state index contributed by atoms with van der Waals surface area (Å²) in [5.41, 5.74) is 6.85. The molecule has 1 amide bonds. The summed E-state index contributed by atoms with van der Waals surface area (Å²) in [6.45, 7) is 4.89. The van der Waals surface area contributed by atoms with Gasteiger partial charge in [-0.25, -0.2) is 0 Å². The van der Waals surface area contributed by atoms with Crippen molar-refractivity contribution < 1.29 is 14.3 Å². The summed E-state index contributed by atoms with van der Waals surface area (Å²) < 4.78 is 10.5. The van der Waals surface area contributed by atoms with Crippen molar-refractivity contribution in [2.75, 3.05) is 30.9 Å². The minimum atomic E-state index is -0.226. The van der Waals surface area contributed by atoms with Gasteiger partial charge in [0.25, 0.3) is 0 Å². The standard InChI is InChI=1S/C13H20N2O3/c1-3-17-8-10(2)18-9-13(16)15-12-7-5-4-6-11(12)14/h4-7,10H,3,8-9,14H2,1-2H3,(H,15,16). The highest BCUT2D eigenvalue weighted by atomic mass is 16.5. The number of hydrogen-bond acceptors (Lipinski definition) is 4. The summed E-state index contributed by atoms with van der Waals surface area (Å²) in [5.74, 6) is -0.226. The summed E-state index contributed by atoms with van der Waals surface area (Å²) in [5, 5.41) is 2.69. The number of ether oxygens (including phenoxy) is 2. The summed E-state index contributed by atoms with van der Waals surface area (Å²) in [6, 6.07) is 7.10. The van der Waals surface area contributed by atoms with Crippen LogP contribution in [0.15, 0.2) is 24.3 Å². The van der Waals surface area contributed by atoms with Gasteiger partial charge in [-0.15, -0.1) is 0 Å². The Morgan fingerprint density at radius 1 is 1.44 bits per heavy atom. The fourth-order valence-electron chi connectivity index (χ4n) is 1.35. The van der Waals surface area contributed by atoms with Crippen molar-refractivity contribution >= 4 is 17.3 Å². The topological polar surface area (TPSA) is 73.6 Å². The van der Waals surface area contributed by atoms with Gasteiger partial charge in [-0.05, 0) is 26.0 Å². The molecule has 0 saturated heterocycles. The minimum Gasteiger partial charge on any atom is -0.397 e. The van der Waals surface area contributed by atoms with E-state index in [1.54, 1.807) is 12.1 Å². The molecule has 0 aliphatic carbocycles. The van der Waals surface area contributed by atoms with Crippen LogP contribution in [-0.4, -0.2) is 31.8 Å².